The van der Waals surface area contributed by atoms with Crippen molar-refractivity contribution < 1.29 is 24.3 Å². The van der Waals surface area contributed by atoms with E-state index in [2.05, 4.69) is 10.6 Å². The highest BCUT2D eigenvalue weighted by Crippen LogP contribution is 2.20. The molecule has 3 amide bonds. The molecule has 0 saturated carbocycles. The lowest BCUT2D eigenvalue weighted by molar-refractivity contribution is -0.149. The summed E-state index contributed by atoms with van der Waals surface area (Å²) >= 11 is 0. The number of aliphatic carboxylic acids is 1. The van der Waals surface area contributed by atoms with Crippen LogP contribution in [0.5, 0.6) is 0 Å². The maximum absolute atomic E-state index is 13.6. The normalized spacial score (nSPS) is 17.2. The van der Waals surface area contributed by atoms with Crippen LogP contribution in [0.1, 0.15) is 43.2 Å². The third-order valence-corrected chi connectivity index (χ3v) is 6.93. The molecule has 1 heterocycles. The summed E-state index contributed by atoms with van der Waals surface area (Å²) in [7, 11) is 0. The van der Waals surface area contributed by atoms with Gasteiger partial charge in [0.1, 0.15) is 18.1 Å². The summed E-state index contributed by atoms with van der Waals surface area (Å²) in [5.41, 5.74) is 13.5. The largest absolute Gasteiger partial charge is 0.480 e. The molecule has 1 fully saturated rings. The summed E-state index contributed by atoms with van der Waals surface area (Å²) < 4.78 is 0. The first kappa shape index (κ1) is 29.8. The Morgan fingerprint density at radius 3 is 2.05 bits per heavy atom. The molecular formula is C29H39N5O5. The van der Waals surface area contributed by atoms with Crippen LogP contribution in [0.2, 0.25) is 0 Å². The fraction of sp³-hybridized carbons (Fsp3) is 0.448. The summed E-state index contributed by atoms with van der Waals surface area (Å²) in [5, 5.41) is 15.1. The Balaban J connectivity index is 1.76. The Kier molecular flexibility index (Phi) is 11.4. The van der Waals surface area contributed by atoms with Crippen molar-refractivity contribution in [1.29, 1.82) is 0 Å². The Labute approximate surface area is 229 Å². The molecule has 39 heavy (non-hydrogen) atoms. The van der Waals surface area contributed by atoms with Crippen LogP contribution in [0.4, 0.5) is 0 Å². The third-order valence-electron chi connectivity index (χ3n) is 6.93. The van der Waals surface area contributed by atoms with Gasteiger partial charge in [-0.1, -0.05) is 60.7 Å². The second-order valence-electron chi connectivity index (χ2n) is 9.92. The van der Waals surface area contributed by atoms with Crippen LogP contribution in [-0.4, -0.2) is 71.0 Å². The number of benzene rings is 2. The number of amides is 3. The Hall–Kier alpha value is -3.76. The van der Waals surface area contributed by atoms with Crippen LogP contribution in [0.25, 0.3) is 0 Å². The van der Waals surface area contributed by atoms with Crippen LogP contribution in [0.3, 0.4) is 0 Å². The van der Waals surface area contributed by atoms with Gasteiger partial charge in [-0.05, 0) is 56.2 Å². The average Bonchev–Trinajstić information content (AvgIpc) is 3.43. The summed E-state index contributed by atoms with van der Waals surface area (Å²) in [5.74, 6) is -2.51. The molecule has 4 unspecified atom stereocenters. The fourth-order valence-corrected chi connectivity index (χ4v) is 4.81. The minimum atomic E-state index is -1.06. The molecule has 1 saturated heterocycles. The number of nitrogens with zero attached hydrogens (tertiary/aromatic N) is 1. The summed E-state index contributed by atoms with van der Waals surface area (Å²) in [4.78, 5) is 53.0. The zero-order chi connectivity index (χ0) is 28.2. The first-order chi connectivity index (χ1) is 18.8. The van der Waals surface area contributed by atoms with Crippen molar-refractivity contribution in [3.8, 4) is 0 Å². The van der Waals surface area contributed by atoms with Gasteiger partial charge in [-0.15, -0.1) is 0 Å². The van der Waals surface area contributed by atoms with Crippen LogP contribution < -0.4 is 22.1 Å². The van der Waals surface area contributed by atoms with Crippen molar-refractivity contribution in [2.75, 3.05) is 13.1 Å². The minimum absolute atomic E-state index is 0.196. The molecular weight excluding hydrogens is 498 g/mol. The van der Waals surface area contributed by atoms with Gasteiger partial charge in [0.25, 0.3) is 0 Å². The van der Waals surface area contributed by atoms with Gasteiger partial charge in [-0.3, -0.25) is 14.4 Å². The summed E-state index contributed by atoms with van der Waals surface area (Å²) in [6, 6.07) is 14.9. The van der Waals surface area contributed by atoms with Crippen molar-refractivity contribution in [1.82, 2.24) is 15.5 Å². The first-order valence-corrected chi connectivity index (χ1v) is 13.5. The second-order valence-corrected chi connectivity index (χ2v) is 9.92. The van der Waals surface area contributed by atoms with Crippen LogP contribution in [-0.2, 0) is 32.0 Å². The molecule has 2 aromatic rings. The van der Waals surface area contributed by atoms with E-state index in [1.165, 1.54) is 4.90 Å². The number of carboxylic acid groups (broad SMARTS) is 1. The van der Waals surface area contributed by atoms with Gasteiger partial charge in [0.05, 0.1) is 6.04 Å². The third kappa shape index (κ3) is 8.90. The van der Waals surface area contributed by atoms with Crippen molar-refractivity contribution >= 4 is 23.7 Å². The molecule has 2 aromatic carbocycles. The molecule has 10 nitrogen and oxygen atoms in total. The zero-order valence-corrected chi connectivity index (χ0v) is 22.1. The Morgan fingerprint density at radius 1 is 0.872 bits per heavy atom. The van der Waals surface area contributed by atoms with Gasteiger partial charge in [0, 0.05) is 13.0 Å². The minimum Gasteiger partial charge on any atom is -0.480 e. The van der Waals surface area contributed by atoms with E-state index < -0.39 is 47.9 Å². The van der Waals surface area contributed by atoms with E-state index in [1.807, 2.05) is 60.7 Å². The number of carbonyl (C=O) groups is 4. The molecule has 1 aliphatic heterocycles. The van der Waals surface area contributed by atoms with Gasteiger partial charge in [0.2, 0.25) is 17.7 Å². The Morgan fingerprint density at radius 2 is 1.46 bits per heavy atom. The lowest BCUT2D eigenvalue weighted by atomic mass is 10.0. The lowest BCUT2D eigenvalue weighted by Gasteiger charge is -2.29. The molecule has 0 radical (unpaired) electrons. The smallest absolute Gasteiger partial charge is 0.326 e. The first-order valence-electron chi connectivity index (χ1n) is 13.5. The predicted molar refractivity (Wildman–Crippen MR) is 147 cm³/mol. The Bertz CT molecular complexity index is 1100. The lowest BCUT2D eigenvalue weighted by Crippen LogP contribution is -2.57. The maximum Gasteiger partial charge on any atom is 0.326 e. The van der Waals surface area contributed by atoms with E-state index in [0.29, 0.717) is 51.6 Å². The highest BCUT2D eigenvalue weighted by Gasteiger charge is 2.38. The number of likely N-dealkylation sites (tertiary alicyclic amines) is 1. The van der Waals surface area contributed by atoms with Gasteiger partial charge < -0.3 is 32.1 Å². The highest BCUT2D eigenvalue weighted by molar-refractivity contribution is 5.94. The molecule has 4 atom stereocenters. The second kappa shape index (κ2) is 15.0. The van der Waals surface area contributed by atoms with E-state index in [0.717, 1.165) is 11.1 Å². The molecule has 210 valence electrons. The number of nitrogens with two attached hydrogens (primary N) is 2. The molecule has 10 heteroatoms. The van der Waals surface area contributed by atoms with Gasteiger partial charge in [-0.25, -0.2) is 4.79 Å². The number of unbranched alkanes of at least 4 members (excludes halogenated alkanes) is 1. The van der Waals surface area contributed by atoms with Crippen LogP contribution in [0, 0.1) is 0 Å². The fourth-order valence-electron chi connectivity index (χ4n) is 4.81. The number of carboxylic acids is 1. The monoisotopic (exact) mass is 537 g/mol. The molecule has 0 aliphatic carbocycles. The number of carbonyl (C=O) groups excluding carboxylic acids is 3. The van der Waals surface area contributed by atoms with Crippen LogP contribution >= 0.6 is 0 Å². The van der Waals surface area contributed by atoms with Gasteiger partial charge in [-0.2, -0.15) is 0 Å². The molecule has 3 rings (SSSR count). The van der Waals surface area contributed by atoms with E-state index in [9.17, 15) is 24.3 Å². The summed E-state index contributed by atoms with van der Waals surface area (Å²) in [6.45, 7) is 0.750. The topological polar surface area (TPSA) is 168 Å². The number of hydrogen-bond donors (Lipinski definition) is 5. The van der Waals surface area contributed by atoms with E-state index in [4.69, 9.17) is 11.5 Å². The van der Waals surface area contributed by atoms with Gasteiger partial charge >= 0.3 is 5.97 Å². The number of nitrogens with one attached hydrogen (secondary N) is 2. The molecule has 1 aliphatic rings. The number of rotatable bonds is 14. The average molecular weight is 538 g/mol. The standard InChI is InChI=1S/C29H39N5O5/c30-16-8-7-14-23(28(37)34-17-9-15-25(34)29(38)39)32-27(36)24(19-21-12-5-2-6-13-21)33-26(35)22(31)18-20-10-3-1-4-11-20/h1-6,10-13,22-25H,7-9,14-19,30-31H2,(H,32,36)(H,33,35)(H,38,39). The molecule has 7 N–H and O–H groups in total. The predicted octanol–water partition coefficient (Wildman–Crippen LogP) is 0.973. The summed E-state index contributed by atoms with van der Waals surface area (Å²) in [6.07, 6.45) is 3.00. The SMILES string of the molecule is NCCCCC(NC(=O)C(Cc1ccccc1)NC(=O)C(N)Cc1ccccc1)C(=O)N1CCCC1C(=O)O. The highest BCUT2D eigenvalue weighted by atomic mass is 16.4. The van der Waals surface area contributed by atoms with Gasteiger partial charge in [0.15, 0.2) is 0 Å². The van der Waals surface area contributed by atoms with Crippen molar-refractivity contribution in [3.63, 3.8) is 0 Å². The molecule has 0 spiro atoms. The van der Waals surface area contributed by atoms with E-state index >= 15 is 0 Å². The van der Waals surface area contributed by atoms with Crippen molar-refractivity contribution in [2.45, 2.75) is 69.1 Å². The quantitative estimate of drug-likeness (QED) is 0.224. The van der Waals surface area contributed by atoms with E-state index in [1.54, 1.807) is 0 Å². The molecule has 0 bridgehead atoms. The van der Waals surface area contributed by atoms with Crippen molar-refractivity contribution in [3.05, 3.63) is 71.8 Å². The molecule has 0 aromatic heterocycles. The number of hydrogen-bond acceptors (Lipinski definition) is 6. The van der Waals surface area contributed by atoms with E-state index in [-0.39, 0.29) is 6.42 Å². The van der Waals surface area contributed by atoms with Crippen molar-refractivity contribution in [2.24, 2.45) is 11.5 Å². The zero-order valence-electron chi connectivity index (χ0n) is 22.1. The van der Waals surface area contributed by atoms with Crippen LogP contribution in [0.15, 0.2) is 60.7 Å². The maximum atomic E-state index is 13.6.